The zero-order valence-corrected chi connectivity index (χ0v) is 16.5. The maximum atomic E-state index is 11.8. The van der Waals surface area contributed by atoms with Crippen molar-refractivity contribution < 1.29 is 24.1 Å². The van der Waals surface area contributed by atoms with Crippen molar-refractivity contribution >= 4 is 5.97 Å². The molecule has 0 amide bonds. The minimum absolute atomic E-state index is 0.386. The average Bonchev–Trinajstić information content (AvgIpc) is 2.74. The standard InChI is InChI=1S/C24H24O5/c1-3-28-22-6-4-5-7-23(22)29-20-12-8-17(9-13-20)16-21(24(25)26)18-10-14-19(27-2)15-11-18/h4-15,21H,3,16H2,1-2H3,(H,25,26). The molecule has 5 nitrogen and oxygen atoms in total. The third kappa shape index (κ3) is 5.29. The van der Waals surface area contributed by atoms with Crippen LogP contribution >= 0.6 is 0 Å². The summed E-state index contributed by atoms with van der Waals surface area (Å²) >= 11 is 0. The number of hydrogen-bond donors (Lipinski definition) is 1. The third-order valence-corrected chi connectivity index (χ3v) is 4.56. The fourth-order valence-corrected chi connectivity index (χ4v) is 3.05. The van der Waals surface area contributed by atoms with Gasteiger partial charge in [-0.2, -0.15) is 0 Å². The summed E-state index contributed by atoms with van der Waals surface area (Å²) < 4.78 is 16.6. The summed E-state index contributed by atoms with van der Waals surface area (Å²) in [7, 11) is 1.58. The Balaban J connectivity index is 1.72. The molecule has 0 saturated carbocycles. The largest absolute Gasteiger partial charge is 0.497 e. The van der Waals surface area contributed by atoms with Crippen LogP contribution in [-0.4, -0.2) is 24.8 Å². The van der Waals surface area contributed by atoms with E-state index in [1.165, 1.54) is 0 Å². The topological polar surface area (TPSA) is 65.0 Å². The SMILES string of the molecule is CCOc1ccccc1Oc1ccc(CC(C(=O)O)c2ccc(OC)cc2)cc1. The van der Waals surface area contributed by atoms with Crippen molar-refractivity contribution in [3.05, 3.63) is 83.9 Å². The second-order valence-electron chi connectivity index (χ2n) is 6.49. The van der Waals surface area contributed by atoms with Gasteiger partial charge in [-0.15, -0.1) is 0 Å². The molecular weight excluding hydrogens is 368 g/mol. The number of carboxylic acid groups (broad SMARTS) is 1. The number of hydrogen-bond acceptors (Lipinski definition) is 4. The fraction of sp³-hybridized carbons (Fsp3) is 0.208. The van der Waals surface area contributed by atoms with Gasteiger partial charge in [-0.05, 0) is 60.9 Å². The van der Waals surface area contributed by atoms with Gasteiger partial charge in [0.15, 0.2) is 11.5 Å². The van der Waals surface area contributed by atoms with Gasteiger partial charge in [0.1, 0.15) is 11.5 Å². The lowest BCUT2D eigenvalue weighted by Gasteiger charge is -2.14. The van der Waals surface area contributed by atoms with Crippen LogP contribution in [0, 0.1) is 0 Å². The van der Waals surface area contributed by atoms with E-state index in [9.17, 15) is 9.90 Å². The first kappa shape index (κ1) is 20.3. The highest BCUT2D eigenvalue weighted by molar-refractivity contribution is 5.76. The zero-order chi connectivity index (χ0) is 20.6. The molecule has 150 valence electrons. The first-order valence-electron chi connectivity index (χ1n) is 9.46. The van der Waals surface area contributed by atoms with Crippen LogP contribution in [0.4, 0.5) is 0 Å². The van der Waals surface area contributed by atoms with Gasteiger partial charge >= 0.3 is 5.97 Å². The Labute approximate surface area is 170 Å². The second kappa shape index (κ2) is 9.64. The van der Waals surface area contributed by atoms with Crippen LogP contribution in [0.3, 0.4) is 0 Å². The molecule has 3 aromatic rings. The lowest BCUT2D eigenvalue weighted by molar-refractivity contribution is -0.138. The molecule has 0 heterocycles. The van der Waals surface area contributed by atoms with Crippen molar-refractivity contribution in [2.75, 3.05) is 13.7 Å². The quantitative estimate of drug-likeness (QED) is 0.535. The molecule has 29 heavy (non-hydrogen) atoms. The Morgan fingerprint density at radius 1 is 0.897 bits per heavy atom. The van der Waals surface area contributed by atoms with Crippen molar-refractivity contribution in [1.82, 2.24) is 0 Å². The van der Waals surface area contributed by atoms with Crippen LogP contribution in [0.15, 0.2) is 72.8 Å². The summed E-state index contributed by atoms with van der Waals surface area (Å²) in [4.78, 5) is 11.8. The molecule has 3 rings (SSSR count). The van der Waals surface area contributed by atoms with E-state index in [4.69, 9.17) is 14.2 Å². The zero-order valence-electron chi connectivity index (χ0n) is 16.5. The smallest absolute Gasteiger partial charge is 0.311 e. The van der Waals surface area contributed by atoms with Gasteiger partial charge in [-0.25, -0.2) is 0 Å². The molecule has 0 aliphatic rings. The number of benzene rings is 3. The molecule has 0 spiro atoms. The predicted molar refractivity (Wildman–Crippen MR) is 111 cm³/mol. The van der Waals surface area contributed by atoms with E-state index in [-0.39, 0.29) is 0 Å². The lowest BCUT2D eigenvalue weighted by Crippen LogP contribution is -2.14. The lowest BCUT2D eigenvalue weighted by atomic mass is 9.92. The van der Waals surface area contributed by atoms with E-state index in [0.29, 0.717) is 36.0 Å². The molecule has 0 aromatic heterocycles. The van der Waals surface area contributed by atoms with Crippen LogP contribution in [0.5, 0.6) is 23.0 Å². The summed E-state index contributed by atoms with van der Waals surface area (Å²) in [5, 5.41) is 9.68. The normalized spacial score (nSPS) is 11.5. The molecule has 1 unspecified atom stereocenters. The molecule has 0 aliphatic carbocycles. The summed E-state index contributed by atoms with van der Waals surface area (Å²) in [5.74, 6) is 1.20. The Bertz CT molecular complexity index is 932. The van der Waals surface area contributed by atoms with Gasteiger partial charge in [0.25, 0.3) is 0 Å². The Morgan fingerprint density at radius 2 is 1.52 bits per heavy atom. The number of para-hydroxylation sites is 2. The molecular formula is C24H24O5. The predicted octanol–water partition coefficient (Wildman–Crippen LogP) is 5.30. The summed E-state index contributed by atoms with van der Waals surface area (Å²) in [5.41, 5.74) is 1.66. The highest BCUT2D eigenvalue weighted by Crippen LogP contribution is 2.32. The van der Waals surface area contributed by atoms with Gasteiger partial charge in [0.05, 0.1) is 19.6 Å². The van der Waals surface area contributed by atoms with E-state index in [1.807, 2.05) is 55.5 Å². The monoisotopic (exact) mass is 392 g/mol. The summed E-state index contributed by atoms with van der Waals surface area (Å²) in [6.45, 7) is 2.48. The Morgan fingerprint density at radius 3 is 2.10 bits per heavy atom. The average molecular weight is 392 g/mol. The van der Waals surface area contributed by atoms with Gasteiger partial charge in [0, 0.05) is 0 Å². The summed E-state index contributed by atoms with van der Waals surface area (Å²) in [6, 6.07) is 22.1. The van der Waals surface area contributed by atoms with Crippen LogP contribution in [-0.2, 0) is 11.2 Å². The van der Waals surface area contributed by atoms with E-state index < -0.39 is 11.9 Å². The maximum Gasteiger partial charge on any atom is 0.311 e. The minimum atomic E-state index is -0.860. The van der Waals surface area contributed by atoms with Gasteiger partial charge < -0.3 is 19.3 Å². The molecule has 0 aliphatic heterocycles. The highest BCUT2D eigenvalue weighted by atomic mass is 16.5. The fourth-order valence-electron chi connectivity index (χ4n) is 3.05. The van der Waals surface area contributed by atoms with Crippen LogP contribution in [0.1, 0.15) is 24.0 Å². The van der Waals surface area contributed by atoms with Crippen molar-refractivity contribution in [3.8, 4) is 23.0 Å². The Kier molecular flexibility index (Phi) is 6.74. The number of methoxy groups -OCH3 is 1. The first-order chi connectivity index (χ1) is 14.1. The molecule has 5 heteroatoms. The van der Waals surface area contributed by atoms with Crippen molar-refractivity contribution in [1.29, 1.82) is 0 Å². The third-order valence-electron chi connectivity index (χ3n) is 4.56. The van der Waals surface area contributed by atoms with Crippen LogP contribution in [0.25, 0.3) is 0 Å². The Hall–Kier alpha value is -3.47. The van der Waals surface area contributed by atoms with Crippen molar-refractivity contribution in [2.24, 2.45) is 0 Å². The van der Waals surface area contributed by atoms with Gasteiger partial charge in [-0.3, -0.25) is 4.79 Å². The minimum Gasteiger partial charge on any atom is -0.497 e. The maximum absolute atomic E-state index is 11.8. The van der Waals surface area contributed by atoms with Crippen LogP contribution < -0.4 is 14.2 Å². The number of rotatable bonds is 9. The van der Waals surface area contributed by atoms with Gasteiger partial charge in [-0.1, -0.05) is 36.4 Å². The number of carbonyl (C=O) groups is 1. The molecule has 0 saturated heterocycles. The first-order valence-corrected chi connectivity index (χ1v) is 9.46. The van der Waals surface area contributed by atoms with Crippen molar-refractivity contribution in [2.45, 2.75) is 19.3 Å². The number of ether oxygens (including phenoxy) is 3. The van der Waals surface area contributed by atoms with E-state index in [2.05, 4.69) is 0 Å². The van der Waals surface area contributed by atoms with Crippen molar-refractivity contribution in [3.63, 3.8) is 0 Å². The number of aliphatic carboxylic acids is 1. The highest BCUT2D eigenvalue weighted by Gasteiger charge is 2.20. The molecule has 0 radical (unpaired) electrons. The summed E-state index contributed by atoms with van der Waals surface area (Å²) in [6.07, 6.45) is 0.386. The molecule has 1 atom stereocenters. The second-order valence-corrected chi connectivity index (χ2v) is 6.49. The van der Waals surface area contributed by atoms with Gasteiger partial charge in [0.2, 0.25) is 0 Å². The van der Waals surface area contributed by atoms with E-state index in [1.54, 1.807) is 31.4 Å². The van der Waals surface area contributed by atoms with E-state index >= 15 is 0 Å². The molecule has 0 fully saturated rings. The number of carboxylic acids is 1. The van der Waals surface area contributed by atoms with E-state index in [0.717, 1.165) is 11.1 Å². The molecule has 3 aromatic carbocycles. The molecule has 0 bridgehead atoms. The van der Waals surface area contributed by atoms with Crippen LogP contribution in [0.2, 0.25) is 0 Å². The molecule has 1 N–H and O–H groups in total.